The standard InChI is InChI=1S/C32H28N6O4S2/c1-43-32-36-38-18-23(33-31(38)44-32)29-35-27-24(15-8-16-25(27)42-29)41-19-22-14-9-17-37(22)30(40)26(20-10-4-2-5-11-20)34-28(39)21-12-6-3-7-13-21/h2-8,10-13,15-16,18,22,26H,9,14,17,19H2,1H3,(H,34,39)/t22?,26-/m1/s1. The number of oxazole rings is 1. The lowest BCUT2D eigenvalue weighted by molar-refractivity contribution is -0.134. The molecule has 6 aromatic rings. The van der Waals surface area contributed by atoms with Crippen LogP contribution in [-0.4, -0.2) is 61.7 Å². The summed E-state index contributed by atoms with van der Waals surface area (Å²) in [7, 11) is 0. The summed E-state index contributed by atoms with van der Waals surface area (Å²) in [4.78, 5) is 39.0. The van der Waals surface area contributed by atoms with Crippen molar-refractivity contribution in [3.8, 4) is 17.3 Å². The predicted octanol–water partition coefficient (Wildman–Crippen LogP) is 5.86. The average Bonchev–Trinajstić information content (AvgIpc) is 3.86. The minimum absolute atomic E-state index is 0.161. The van der Waals surface area contributed by atoms with E-state index in [1.165, 1.54) is 11.3 Å². The van der Waals surface area contributed by atoms with E-state index in [0.29, 0.717) is 40.5 Å². The largest absolute Gasteiger partial charge is 0.489 e. The molecule has 3 aromatic carbocycles. The number of hydrogen-bond acceptors (Lipinski definition) is 9. The van der Waals surface area contributed by atoms with Gasteiger partial charge in [-0.3, -0.25) is 9.59 Å². The number of ether oxygens (including phenoxy) is 1. The van der Waals surface area contributed by atoms with Gasteiger partial charge in [-0.1, -0.05) is 77.7 Å². The molecule has 0 spiro atoms. The molecule has 12 heteroatoms. The summed E-state index contributed by atoms with van der Waals surface area (Å²) in [5.74, 6) is 0.493. The molecule has 3 aromatic heterocycles. The number of rotatable bonds is 9. The van der Waals surface area contributed by atoms with Crippen LogP contribution in [0.2, 0.25) is 0 Å². The summed E-state index contributed by atoms with van der Waals surface area (Å²) in [6, 6.07) is 22.8. The Kier molecular flexibility index (Phi) is 7.75. The maximum atomic E-state index is 14.0. The molecule has 44 heavy (non-hydrogen) atoms. The third-order valence-electron chi connectivity index (χ3n) is 7.58. The first kappa shape index (κ1) is 28.1. The fraction of sp³-hybridized carbons (Fsp3) is 0.219. The van der Waals surface area contributed by atoms with Crippen molar-refractivity contribution in [3.05, 3.63) is 96.2 Å². The van der Waals surface area contributed by atoms with E-state index in [4.69, 9.17) is 14.1 Å². The number of fused-ring (bicyclic) bond motifs is 2. The Morgan fingerprint density at radius 2 is 1.86 bits per heavy atom. The maximum Gasteiger partial charge on any atom is 0.252 e. The number of aromatic nitrogens is 4. The first-order chi connectivity index (χ1) is 21.6. The molecule has 7 rings (SSSR count). The number of nitrogens with zero attached hydrogens (tertiary/aromatic N) is 5. The Balaban J connectivity index is 1.09. The highest BCUT2D eigenvalue weighted by molar-refractivity contribution is 8.00. The molecule has 1 aliphatic rings. The van der Waals surface area contributed by atoms with E-state index in [-0.39, 0.29) is 24.5 Å². The second-order valence-corrected chi connectivity index (χ2v) is 12.4. The first-order valence-electron chi connectivity index (χ1n) is 14.2. The zero-order valence-corrected chi connectivity index (χ0v) is 25.4. The average molecular weight is 625 g/mol. The lowest BCUT2D eigenvalue weighted by atomic mass is 10.0. The fourth-order valence-electron chi connectivity index (χ4n) is 5.40. The summed E-state index contributed by atoms with van der Waals surface area (Å²) < 4.78 is 15.0. The summed E-state index contributed by atoms with van der Waals surface area (Å²) in [6.07, 6.45) is 5.42. The second kappa shape index (κ2) is 12.1. The van der Waals surface area contributed by atoms with Gasteiger partial charge in [-0.15, -0.1) is 5.10 Å². The van der Waals surface area contributed by atoms with Gasteiger partial charge in [0.25, 0.3) is 5.91 Å². The topological polar surface area (TPSA) is 115 Å². The SMILES string of the molecule is CSc1nn2cc(-c3nc4c(OCC5CCCN5C(=O)[C@H](NC(=O)c5ccccc5)c5ccccc5)cccc4o3)nc2s1. The van der Waals surface area contributed by atoms with Crippen LogP contribution < -0.4 is 10.1 Å². The van der Waals surface area contributed by atoms with E-state index in [2.05, 4.69) is 15.4 Å². The number of thioether (sulfide) groups is 1. The zero-order valence-electron chi connectivity index (χ0n) is 23.8. The molecule has 0 aliphatic carbocycles. The van der Waals surface area contributed by atoms with E-state index in [1.54, 1.807) is 46.7 Å². The van der Waals surface area contributed by atoms with Crippen LogP contribution in [0.4, 0.5) is 0 Å². The van der Waals surface area contributed by atoms with Gasteiger partial charge in [-0.05, 0) is 48.9 Å². The first-order valence-corrected chi connectivity index (χ1v) is 16.3. The molecule has 222 valence electrons. The van der Waals surface area contributed by atoms with Gasteiger partial charge in [0.1, 0.15) is 24.1 Å². The Hall–Kier alpha value is -4.68. The van der Waals surface area contributed by atoms with Gasteiger partial charge >= 0.3 is 0 Å². The van der Waals surface area contributed by atoms with Gasteiger partial charge in [0.15, 0.2) is 15.4 Å². The van der Waals surface area contributed by atoms with E-state index >= 15 is 0 Å². The highest BCUT2D eigenvalue weighted by Crippen LogP contribution is 2.32. The van der Waals surface area contributed by atoms with Crippen LogP contribution in [0.25, 0.3) is 27.6 Å². The Morgan fingerprint density at radius 1 is 1.07 bits per heavy atom. The minimum atomic E-state index is -0.822. The molecule has 4 heterocycles. The quantitative estimate of drug-likeness (QED) is 0.199. The summed E-state index contributed by atoms with van der Waals surface area (Å²) >= 11 is 3.08. The number of nitrogens with one attached hydrogen (secondary N) is 1. The molecular formula is C32H28N6O4S2. The molecule has 0 saturated carbocycles. The molecule has 0 bridgehead atoms. The number of para-hydroxylation sites is 1. The van der Waals surface area contributed by atoms with Gasteiger partial charge in [-0.2, -0.15) is 0 Å². The highest BCUT2D eigenvalue weighted by Gasteiger charge is 2.35. The number of carbonyl (C=O) groups excluding carboxylic acids is 2. The molecule has 0 radical (unpaired) electrons. The van der Waals surface area contributed by atoms with E-state index in [9.17, 15) is 9.59 Å². The number of likely N-dealkylation sites (tertiary alicyclic amines) is 1. The zero-order chi connectivity index (χ0) is 30.0. The second-order valence-electron chi connectivity index (χ2n) is 10.4. The molecular weight excluding hydrogens is 597 g/mol. The van der Waals surface area contributed by atoms with Crippen LogP contribution in [0.1, 0.15) is 34.8 Å². The van der Waals surface area contributed by atoms with Gasteiger partial charge in [0.05, 0.1) is 12.2 Å². The van der Waals surface area contributed by atoms with Crippen LogP contribution in [-0.2, 0) is 4.79 Å². The molecule has 1 fully saturated rings. The van der Waals surface area contributed by atoms with Crippen molar-refractivity contribution in [2.45, 2.75) is 29.3 Å². The third kappa shape index (κ3) is 5.53. The minimum Gasteiger partial charge on any atom is -0.489 e. The number of carbonyl (C=O) groups is 2. The molecule has 2 atom stereocenters. The van der Waals surface area contributed by atoms with Crippen molar-refractivity contribution < 1.29 is 18.7 Å². The van der Waals surface area contributed by atoms with Gasteiger partial charge in [-0.25, -0.2) is 14.5 Å². The van der Waals surface area contributed by atoms with Crippen LogP contribution in [0.15, 0.2) is 93.8 Å². The van der Waals surface area contributed by atoms with Gasteiger partial charge < -0.3 is 19.4 Å². The van der Waals surface area contributed by atoms with Crippen LogP contribution in [0.5, 0.6) is 5.75 Å². The van der Waals surface area contributed by atoms with Crippen molar-refractivity contribution in [1.29, 1.82) is 0 Å². The molecule has 2 amide bonds. The normalized spacial score (nSPS) is 15.6. The van der Waals surface area contributed by atoms with Gasteiger partial charge in [0.2, 0.25) is 16.8 Å². The third-order valence-corrected chi connectivity index (χ3v) is 9.48. The predicted molar refractivity (Wildman–Crippen MR) is 169 cm³/mol. The van der Waals surface area contributed by atoms with Crippen molar-refractivity contribution in [3.63, 3.8) is 0 Å². The molecule has 1 N–H and O–H groups in total. The maximum absolute atomic E-state index is 14.0. The number of imidazole rings is 1. The highest BCUT2D eigenvalue weighted by atomic mass is 32.2. The Labute approximate surface area is 261 Å². The molecule has 1 aliphatic heterocycles. The molecule has 1 saturated heterocycles. The van der Waals surface area contributed by atoms with Crippen molar-refractivity contribution >= 4 is 51.0 Å². The summed E-state index contributed by atoms with van der Waals surface area (Å²) in [6.45, 7) is 0.863. The van der Waals surface area contributed by atoms with Crippen molar-refractivity contribution in [2.24, 2.45) is 0 Å². The molecule has 1 unspecified atom stereocenters. The monoisotopic (exact) mass is 624 g/mol. The van der Waals surface area contributed by atoms with Crippen LogP contribution in [0, 0.1) is 0 Å². The van der Waals surface area contributed by atoms with E-state index in [1.807, 2.05) is 65.8 Å². The van der Waals surface area contributed by atoms with Crippen LogP contribution in [0.3, 0.4) is 0 Å². The summed E-state index contributed by atoms with van der Waals surface area (Å²) in [5.41, 5.74) is 2.99. The van der Waals surface area contributed by atoms with Crippen molar-refractivity contribution in [1.82, 2.24) is 29.8 Å². The summed E-state index contributed by atoms with van der Waals surface area (Å²) in [5, 5.41) is 7.46. The van der Waals surface area contributed by atoms with Crippen LogP contribution >= 0.6 is 23.1 Å². The van der Waals surface area contributed by atoms with Crippen molar-refractivity contribution in [2.75, 3.05) is 19.4 Å². The fourth-order valence-corrected chi connectivity index (χ4v) is 6.75. The number of benzene rings is 3. The number of hydrogen-bond donors (Lipinski definition) is 1. The van der Waals surface area contributed by atoms with Gasteiger partial charge in [0, 0.05) is 12.1 Å². The smallest absolute Gasteiger partial charge is 0.252 e. The number of amides is 2. The lowest BCUT2D eigenvalue weighted by Gasteiger charge is -2.29. The lowest BCUT2D eigenvalue weighted by Crippen LogP contribution is -2.46. The molecule has 10 nitrogen and oxygen atoms in total. The van der Waals surface area contributed by atoms with E-state index in [0.717, 1.165) is 27.7 Å². The Morgan fingerprint density at radius 3 is 2.64 bits per heavy atom. The van der Waals surface area contributed by atoms with E-state index < -0.39 is 6.04 Å². The Bertz CT molecular complexity index is 1910.